The Balaban J connectivity index is 1.66. The van der Waals surface area contributed by atoms with Crippen molar-refractivity contribution in [3.05, 3.63) is 11.6 Å². The summed E-state index contributed by atoms with van der Waals surface area (Å²) in [6.45, 7) is 18.3. The molecule has 0 spiro atoms. The van der Waals surface area contributed by atoms with Gasteiger partial charge in [0.1, 0.15) is 0 Å². The maximum Gasteiger partial charge on any atom is 0.0653 e. The zero-order valence-corrected chi connectivity index (χ0v) is 22.7. The van der Waals surface area contributed by atoms with E-state index in [1.165, 1.54) is 5.57 Å². The Morgan fingerprint density at radius 3 is 2.21 bits per heavy atom. The molecule has 0 bridgehead atoms. The minimum Gasteiger partial charge on any atom is -0.393 e. The summed E-state index contributed by atoms with van der Waals surface area (Å²) in [5.74, 6) is 1.35. The fourth-order valence-corrected chi connectivity index (χ4v) is 10.4. The van der Waals surface area contributed by atoms with Gasteiger partial charge in [0, 0.05) is 0 Å². The summed E-state index contributed by atoms with van der Waals surface area (Å²) in [4.78, 5) is 0. The Kier molecular flexibility index (Phi) is 6.28. The smallest absolute Gasteiger partial charge is 0.0653 e. The number of allylic oxidation sites excluding steroid dienone is 2. The van der Waals surface area contributed by atoms with Crippen molar-refractivity contribution >= 4 is 0 Å². The molecule has 3 nitrogen and oxygen atoms in total. The van der Waals surface area contributed by atoms with Crippen molar-refractivity contribution < 1.29 is 15.3 Å². The average molecular weight is 461 g/mol. The number of aliphatic hydroxyl groups is 3. The predicted molar refractivity (Wildman–Crippen MR) is 136 cm³/mol. The topological polar surface area (TPSA) is 60.7 Å². The first kappa shape index (κ1) is 25.7. The summed E-state index contributed by atoms with van der Waals surface area (Å²) in [7, 11) is 0. The van der Waals surface area contributed by atoms with E-state index in [0.717, 1.165) is 57.8 Å². The van der Waals surface area contributed by atoms with Crippen LogP contribution in [0.2, 0.25) is 0 Å². The molecule has 0 aromatic heterocycles. The van der Waals surface area contributed by atoms with Crippen LogP contribution in [-0.4, -0.2) is 33.1 Å². The summed E-state index contributed by atoms with van der Waals surface area (Å²) >= 11 is 0. The van der Waals surface area contributed by atoms with Crippen LogP contribution in [0.5, 0.6) is 0 Å². The zero-order chi connectivity index (χ0) is 24.6. The van der Waals surface area contributed by atoms with Gasteiger partial charge in [-0.1, -0.05) is 46.3 Å². The predicted octanol–water partition coefficient (Wildman–Crippen LogP) is 6.50. The lowest BCUT2D eigenvalue weighted by molar-refractivity contribution is -0.256. The molecule has 3 N–H and O–H groups in total. The van der Waals surface area contributed by atoms with Gasteiger partial charge >= 0.3 is 0 Å². The van der Waals surface area contributed by atoms with Crippen molar-refractivity contribution in [1.82, 2.24) is 0 Å². The lowest BCUT2D eigenvalue weighted by Crippen LogP contribution is -2.67. The van der Waals surface area contributed by atoms with Crippen LogP contribution in [0.15, 0.2) is 11.6 Å². The number of rotatable bonds is 4. The molecule has 4 fully saturated rings. The van der Waals surface area contributed by atoms with E-state index in [9.17, 15) is 15.3 Å². The van der Waals surface area contributed by atoms with E-state index < -0.39 is 5.60 Å². The van der Waals surface area contributed by atoms with Crippen molar-refractivity contribution in [1.29, 1.82) is 0 Å². The number of aliphatic hydroxyl groups excluding tert-OH is 2. The highest BCUT2D eigenvalue weighted by Gasteiger charge is 2.71. The Labute approximate surface area is 203 Å². The van der Waals surface area contributed by atoms with Crippen molar-refractivity contribution in [2.75, 3.05) is 0 Å². The third-order valence-electron chi connectivity index (χ3n) is 12.3. The Hall–Kier alpha value is -0.380. The molecular weight excluding hydrogens is 408 g/mol. The quantitative estimate of drug-likeness (QED) is 0.420. The molecular formula is C30H52O3. The molecule has 0 radical (unpaired) electrons. The van der Waals surface area contributed by atoms with Gasteiger partial charge in [-0.15, -0.1) is 0 Å². The summed E-state index contributed by atoms with van der Waals surface area (Å²) in [6.07, 6.45) is 10.6. The van der Waals surface area contributed by atoms with Crippen LogP contribution in [0, 0.1) is 45.3 Å². The normalized spacial score (nSPS) is 50.5. The summed E-state index contributed by atoms with van der Waals surface area (Å²) in [5, 5.41) is 34.3. The largest absolute Gasteiger partial charge is 0.393 e. The highest BCUT2D eigenvalue weighted by Crippen LogP contribution is 2.75. The SMILES string of the molecule is CC(C)=CCC[C@](C)(O)[C@H]1CC[C@]2(C)[C@@H]1C[C@@H](O)[C@@H]1[C@@]3(C)CC[C@H](O)C(C)(C)[C@@H]3CC[C@]12C. The van der Waals surface area contributed by atoms with E-state index in [1.807, 2.05) is 0 Å². The first-order valence-corrected chi connectivity index (χ1v) is 13.8. The Morgan fingerprint density at radius 2 is 1.58 bits per heavy atom. The molecule has 4 saturated carbocycles. The second kappa shape index (κ2) is 8.07. The highest BCUT2D eigenvalue weighted by molar-refractivity contribution is 5.20. The fourth-order valence-electron chi connectivity index (χ4n) is 10.4. The van der Waals surface area contributed by atoms with Crippen LogP contribution in [0.3, 0.4) is 0 Å². The molecule has 4 aliphatic carbocycles. The fraction of sp³-hybridized carbons (Fsp3) is 0.933. The average Bonchev–Trinajstić information content (AvgIpc) is 3.03. The third kappa shape index (κ3) is 3.61. The molecule has 4 rings (SSSR count). The second-order valence-corrected chi connectivity index (χ2v) is 14.5. The molecule has 10 atom stereocenters. The number of hydrogen-bond donors (Lipinski definition) is 3. The van der Waals surface area contributed by atoms with Gasteiger partial charge in [0.25, 0.3) is 0 Å². The van der Waals surface area contributed by atoms with Crippen LogP contribution in [-0.2, 0) is 0 Å². The first-order valence-electron chi connectivity index (χ1n) is 13.8. The minimum absolute atomic E-state index is 0.0627. The monoisotopic (exact) mass is 460 g/mol. The number of hydrogen-bond acceptors (Lipinski definition) is 3. The number of fused-ring (bicyclic) bond motifs is 5. The third-order valence-corrected chi connectivity index (χ3v) is 12.3. The van der Waals surface area contributed by atoms with Crippen molar-refractivity contribution in [2.24, 2.45) is 45.3 Å². The van der Waals surface area contributed by atoms with Crippen LogP contribution < -0.4 is 0 Å². The van der Waals surface area contributed by atoms with E-state index in [4.69, 9.17) is 0 Å². The van der Waals surface area contributed by atoms with Crippen LogP contribution >= 0.6 is 0 Å². The molecule has 4 aliphatic rings. The zero-order valence-electron chi connectivity index (χ0n) is 22.7. The van der Waals surface area contributed by atoms with Gasteiger partial charge in [-0.05, 0) is 124 Å². The Morgan fingerprint density at radius 1 is 0.939 bits per heavy atom. The molecule has 0 aromatic rings. The summed E-state index contributed by atoms with van der Waals surface area (Å²) in [6, 6.07) is 0. The standard InChI is InChI=1S/C30H52O3/c1-19(2)10-9-14-30(8,33)20-11-16-28(6)21(20)18-22(31)25-27(5)15-13-24(32)26(3,4)23(27)12-17-29(25,28)7/h10,20-25,31-33H,9,11-18H2,1-8H3/t20-,21+,22+,23-,24-,25+,27-,28+,29+,30-/m0/s1. The molecule has 0 saturated heterocycles. The summed E-state index contributed by atoms with van der Waals surface area (Å²) < 4.78 is 0. The van der Waals surface area contributed by atoms with Crippen molar-refractivity contribution in [3.8, 4) is 0 Å². The molecule has 3 heteroatoms. The second-order valence-electron chi connectivity index (χ2n) is 14.5. The molecule has 0 aromatic carbocycles. The van der Waals surface area contributed by atoms with Crippen LogP contribution in [0.25, 0.3) is 0 Å². The van der Waals surface area contributed by atoms with Gasteiger partial charge in [-0.2, -0.15) is 0 Å². The van der Waals surface area contributed by atoms with E-state index >= 15 is 0 Å². The van der Waals surface area contributed by atoms with Crippen LogP contribution in [0.1, 0.15) is 113 Å². The first-order chi connectivity index (χ1) is 15.1. The molecule has 0 heterocycles. The molecule has 33 heavy (non-hydrogen) atoms. The van der Waals surface area contributed by atoms with E-state index in [-0.39, 0.29) is 45.7 Å². The molecule has 0 amide bonds. The maximum absolute atomic E-state index is 11.9. The Bertz CT molecular complexity index is 779. The minimum atomic E-state index is -0.685. The van der Waals surface area contributed by atoms with Crippen molar-refractivity contribution in [2.45, 2.75) is 131 Å². The van der Waals surface area contributed by atoms with Gasteiger partial charge in [0.15, 0.2) is 0 Å². The van der Waals surface area contributed by atoms with Gasteiger partial charge in [-0.3, -0.25) is 0 Å². The molecule has 190 valence electrons. The lowest BCUT2D eigenvalue weighted by atomic mass is 9.35. The van der Waals surface area contributed by atoms with Crippen LogP contribution in [0.4, 0.5) is 0 Å². The molecule has 0 aliphatic heterocycles. The lowest BCUT2D eigenvalue weighted by Gasteiger charge is -2.70. The van der Waals surface area contributed by atoms with E-state index in [0.29, 0.717) is 11.8 Å². The van der Waals surface area contributed by atoms with E-state index in [2.05, 4.69) is 61.5 Å². The van der Waals surface area contributed by atoms with Gasteiger partial charge in [-0.25, -0.2) is 0 Å². The summed E-state index contributed by atoms with van der Waals surface area (Å²) in [5.41, 5.74) is 0.817. The van der Waals surface area contributed by atoms with Gasteiger partial charge in [0.2, 0.25) is 0 Å². The maximum atomic E-state index is 11.9. The van der Waals surface area contributed by atoms with Gasteiger partial charge in [0.05, 0.1) is 17.8 Å². The van der Waals surface area contributed by atoms with E-state index in [1.54, 1.807) is 0 Å². The van der Waals surface area contributed by atoms with Crippen molar-refractivity contribution in [3.63, 3.8) is 0 Å². The highest BCUT2D eigenvalue weighted by atomic mass is 16.3. The van der Waals surface area contributed by atoms with Gasteiger partial charge < -0.3 is 15.3 Å². The molecule has 0 unspecified atom stereocenters.